The molecule has 1 aromatic carbocycles. The summed E-state index contributed by atoms with van der Waals surface area (Å²) in [7, 11) is 1.85. The van der Waals surface area contributed by atoms with Crippen molar-refractivity contribution in [1.82, 2.24) is 10.2 Å². The van der Waals surface area contributed by atoms with Crippen molar-refractivity contribution < 1.29 is 9.47 Å². The van der Waals surface area contributed by atoms with Gasteiger partial charge in [-0.2, -0.15) is 0 Å². The molecule has 1 aromatic rings. The summed E-state index contributed by atoms with van der Waals surface area (Å²) in [5, 5.41) is 3.47. The third kappa shape index (κ3) is 6.39. The predicted molar refractivity (Wildman–Crippen MR) is 116 cm³/mol. The maximum absolute atomic E-state index is 6.01. The van der Waals surface area contributed by atoms with Gasteiger partial charge in [0.1, 0.15) is 6.10 Å². The number of hydrogen-bond donors (Lipinski definition) is 1. The fraction of sp³-hybridized carbons (Fsp3) is 0.650. The van der Waals surface area contributed by atoms with E-state index in [0.717, 1.165) is 57.8 Å². The summed E-state index contributed by atoms with van der Waals surface area (Å²) >= 11 is 0. The Kier molecular flexibility index (Phi) is 9.15. The molecule has 0 radical (unpaired) electrons. The number of aryl methyl sites for hydroxylation is 1. The van der Waals surface area contributed by atoms with Crippen molar-refractivity contribution in [3.8, 4) is 0 Å². The van der Waals surface area contributed by atoms with Crippen LogP contribution in [-0.2, 0) is 9.47 Å². The quantitative estimate of drug-likeness (QED) is 0.286. The molecule has 0 aromatic heterocycles. The number of guanidine groups is 1. The molecule has 2 aliphatic rings. The first-order chi connectivity index (χ1) is 12.3. The highest BCUT2D eigenvalue weighted by atomic mass is 127. The summed E-state index contributed by atoms with van der Waals surface area (Å²) in [6.45, 7) is 7.24. The molecular weight excluding hydrogens is 441 g/mol. The van der Waals surface area contributed by atoms with Gasteiger partial charge in [0.05, 0.1) is 13.2 Å². The number of aliphatic imine (C=N–C) groups is 1. The van der Waals surface area contributed by atoms with E-state index in [1.165, 1.54) is 24.0 Å². The van der Waals surface area contributed by atoms with Gasteiger partial charge < -0.3 is 19.7 Å². The van der Waals surface area contributed by atoms with Crippen molar-refractivity contribution in [3.05, 3.63) is 35.4 Å². The van der Waals surface area contributed by atoms with E-state index in [1.807, 2.05) is 7.05 Å². The highest BCUT2D eigenvalue weighted by Crippen LogP contribution is 2.28. The van der Waals surface area contributed by atoms with E-state index in [0.29, 0.717) is 0 Å². The van der Waals surface area contributed by atoms with Crippen LogP contribution in [0.1, 0.15) is 36.5 Å². The van der Waals surface area contributed by atoms with Gasteiger partial charge in [0, 0.05) is 33.4 Å². The summed E-state index contributed by atoms with van der Waals surface area (Å²) in [5.41, 5.74) is 2.56. The summed E-state index contributed by atoms with van der Waals surface area (Å²) in [5.74, 6) is 1.80. The highest BCUT2D eigenvalue weighted by Gasteiger charge is 2.25. The van der Waals surface area contributed by atoms with Gasteiger partial charge in [-0.25, -0.2) is 0 Å². The molecule has 2 fully saturated rings. The zero-order valence-corrected chi connectivity index (χ0v) is 18.3. The van der Waals surface area contributed by atoms with Crippen molar-refractivity contribution in [3.63, 3.8) is 0 Å². The second-order valence-corrected chi connectivity index (χ2v) is 7.01. The Balaban J connectivity index is 0.00000243. The summed E-state index contributed by atoms with van der Waals surface area (Å²) in [4.78, 5) is 6.75. The van der Waals surface area contributed by atoms with Gasteiger partial charge in [-0.1, -0.05) is 24.3 Å². The molecule has 1 saturated heterocycles. The largest absolute Gasteiger partial charge is 0.381 e. The maximum atomic E-state index is 6.01. The lowest BCUT2D eigenvalue weighted by molar-refractivity contribution is -0.00834. The van der Waals surface area contributed by atoms with Gasteiger partial charge in [0.25, 0.3) is 0 Å². The number of morpholine rings is 1. The first kappa shape index (κ1) is 21.4. The predicted octanol–water partition coefficient (Wildman–Crippen LogP) is 3.38. The molecule has 5 nitrogen and oxygen atoms in total. The summed E-state index contributed by atoms with van der Waals surface area (Å²) < 4.78 is 11.7. The Morgan fingerprint density at radius 2 is 2.15 bits per heavy atom. The zero-order valence-electron chi connectivity index (χ0n) is 15.9. The maximum Gasteiger partial charge on any atom is 0.193 e. The Hall–Kier alpha value is -0.860. The molecule has 1 atom stereocenters. The number of nitrogens with zero attached hydrogens (tertiary/aromatic N) is 2. The van der Waals surface area contributed by atoms with Crippen molar-refractivity contribution in [2.75, 3.05) is 46.5 Å². The summed E-state index contributed by atoms with van der Waals surface area (Å²) in [6, 6.07) is 8.47. The highest BCUT2D eigenvalue weighted by molar-refractivity contribution is 14.0. The molecule has 1 aliphatic heterocycles. The second-order valence-electron chi connectivity index (χ2n) is 7.01. The molecule has 1 saturated carbocycles. The topological polar surface area (TPSA) is 46.1 Å². The molecule has 26 heavy (non-hydrogen) atoms. The molecule has 1 N–H and O–H groups in total. The zero-order chi connectivity index (χ0) is 17.5. The van der Waals surface area contributed by atoms with E-state index in [4.69, 9.17) is 9.47 Å². The third-order valence-corrected chi connectivity index (χ3v) is 4.91. The Bertz CT molecular complexity index is 578. The summed E-state index contributed by atoms with van der Waals surface area (Å²) in [6.07, 6.45) is 3.82. The van der Waals surface area contributed by atoms with Crippen molar-refractivity contribution in [1.29, 1.82) is 0 Å². The normalized spacial score (nSPS) is 20.6. The number of rotatable bonds is 7. The van der Waals surface area contributed by atoms with Gasteiger partial charge in [-0.3, -0.25) is 4.99 Å². The molecule has 146 valence electrons. The Morgan fingerprint density at radius 3 is 2.88 bits per heavy atom. The van der Waals surface area contributed by atoms with Crippen LogP contribution in [0, 0.1) is 12.8 Å². The molecule has 1 aliphatic carbocycles. The van der Waals surface area contributed by atoms with Crippen LogP contribution >= 0.6 is 24.0 Å². The van der Waals surface area contributed by atoms with Crippen LogP contribution in [-0.4, -0.2) is 57.4 Å². The van der Waals surface area contributed by atoms with Gasteiger partial charge in [-0.15, -0.1) is 24.0 Å². The monoisotopic (exact) mass is 473 g/mol. The molecule has 1 heterocycles. The molecule has 1 unspecified atom stereocenters. The third-order valence-electron chi connectivity index (χ3n) is 4.91. The minimum absolute atomic E-state index is 0. The van der Waals surface area contributed by atoms with Gasteiger partial charge in [0.15, 0.2) is 5.96 Å². The molecule has 0 bridgehead atoms. The molecule has 0 spiro atoms. The number of nitrogens with one attached hydrogen (secondary N) is 1. The average Bonchev–Trinajstić information content (AvgIpc) is 3.46. The van der Waals surface area contributed by atoms with Gasteiger partial charge in [0.2, 0.25) is 0 Å². The van der Waals surface area contributed by atoms with E-state index >= 15 is 0 Å². The number of hydrogen-bond acceptors (Lipinski definition) is 3. The first-order valence-electron chi connectivity index (χ1n) is 9.48. The SMILES string of the molecule is CN=C(NCCCOCC1CC1)N1CCOC(c2ccccc2C)C1.I. The van der Waals surface area contributed by atoms with Crippen LogP contribution in [0.2, 0.25) is 0 Å². The van der Waals surface area contributed by atoms with Crippen LogP contribution in [0.25, 0.3) is 0 Å². The Labute approximate surface area is 174 Å². The van der Waals surface area contributed by atoms with E-state index in [-0.39, 0.29) is 30.1 Å². The number of ether oxygens (including phenoxy) is 2. The van der Waals surface area contributed by atoms with Crippen LogP contribution in [0.5, 0.6) is 0 Å². The van der Waals surface area contributed by atoms with Crippen molar-refractivity contribution in [2.24, 2.45) is 10.9 Å². The van der Waals surface area contributed by atoms with Crippen LogP contribution < -0.4 is 5.32 Å². The second kappa shape index (κ2) is 11.1. The minimum Gasteiger partial charge on any atom is -0.381 e. The van der Waals surface area contributed by atoms with Crippen molar-refractivity contribution in [2.45, 2.75) is 32.3 Å². The Morgan fingerprint density at radius 1 is 1.35 bits per heavy atom. The average molecular weight is 473 g/mol. The van der Waals surface area contributed by atoms with E-state index in [2.05, 4.69) is 46.4 Å². The van der Waals surface area contributed by atoms with E-state index in [1.54, 1.807) is 0 Å². The molecule has 3 rings (SSSR count). The van der Waals surface area contributed by atoms with Crippen LogP contribution in [0.15, 0.2) is 29.3 Å². The lowest BCUT2D eigenvalue weighted by Crippen LogP contribution is -2.48. The van der Waals surface area contributed by atoms with Gasteiger partial charge in [-0.05, 0) is 43.2 Å². The smallest absolute Gasteiger partial charge is 0.193 e. The lowest BCUT2D eigenvalue weighted by atomic mass is 10.0. The van der Waals surface area contributed by atoms with Crippen molar-refractivity contribution >= 4 is 29.9 Å². The fourth-order valence-electron chi connectivity index (χ4n) is 3.22. The number of halogens is 1. The van der Waals surface area contributed by atoms with Crippen LogP contribution in [0.3, 0.4) is 0 Å². The number of benzene rings is 1. The van der Waals surface area contributed by atoms with Gasteiger partial charge >= 0.3 is 0 Å². The molecule has 0 amide bonds. The molecule has 6 heteroatoms. The first-order valence-corrected chi connectivity index (χ1v) is 9.48. The fourth-order valence-corrected chi connectivity index (χ4v) is 3.22. The minimum atomic E-state index is 0. The lowest BCUT2D eigenvalue weighted by Gasteiger charge is -2.35. The van der Waals surface area contributed by atoms with E-state index in [9.17, 15) is 0 Å². The standard InChI is InChI=1S/C20H31N3O2.HI/c1-16-6-3-4-7-18(16)19-14-23(11-13-25-19)20(21-2)22-10-5-12-24-15-17-8-9-17;/h3-4,6-7,17,19H,5,8-15H2,1-2H3,(H,21,22);1H. The van der Waals surface area contributed by atoms with E-state index < -0.39 is 0 Å². The van der Waals surface area contributed by atoms with Crippen LogP contribution in [0.4, 0.5) is 0 Å². The molecular formula is C20H32IN3O2.